The van der Waals surface area contributed by atoms with Gasteiger partial charge in [-0.3, -0.25) is 33.6 Å². The number of ketones is 1. The van der Waals surface area contributed by atoms with Crippen molar-refractivity contribution in [1.29, 1.82) is 0 Å². The van der Waals surface area contributed by atoms with Crippen molar-refractivity contribution in [2.24, 2.45) is 23.5 Å². The van der Waals surface area contributed by atoms with E-state index >= 15 is 0 Å². The Morgan fingerprint density at radius 3 is 1.95 bits per heavy atom. The van der Waals surface area contributed by atoms with Gasteiger partial charge in [-0.15, -0.1) is 0 Å². The highest BCUT2D eigenvalue weighted by molar-refractivity contribution is 6.38. The van der Waals surface area contributed by atoms with Gasteiger partial charge in [-0.1, -0.05) is 81.3 Å². The quantitative estimate of drug-likeness (QED) is 0.0947. The second-order valence-corrected chi connectivity index (χ2v) is 15.4. The Morgan fingerprint density at radius 2 is 1.36 bits per heavy atom. The fourth-order valence-corrected chi connectivity index (χ4v) is 7.47. The summed E-state index contributed by atoms with van der Waals surface area (Å²) < 4.78 is 0. The van der Waals surface area contributed by atoms with Gasteiger partial charge in [-0.2, -0.15) is 0 Å². The third kappa shape index (κ3) is 11.3. The van der Waals surface area contributed by atoms with Crippen LogP contribution in [0.15, 0.2) is 48.5 Å². The van der Waals surface area contributed by atoms with E-state index in [1.807, 2.05) is 0 Å². The Morgan fingerprint density at radius 1 is 0.741 bits per heavy atom. The summed E-state index contributed by atoms with van der Waals surface area (Å²) in [5.74, 6) is -9.38. The van der Waals surface area contributed by atoms with Gasteiger partial charge in [0.25, 0.3) is 11.8 Å². The molecule has 2 aromatic rings. The number of nitrogens with zero attached hydrogens (tertiary/aromatic N) is 1. The number of rotatable bonds is 20. The van der Waals surface area contributed by atoms with Gasteiger partial charge in [-0.25, -0.2) is 9.59 Å². The molecule has 0 aliphatic heterocycles. The van der Waals surface area contributed by atoms with Crippen LogP contribution in [0.1, 0.15) is 113 Å². The first-order valence-corrected chi connectivity index (χ1v) is 19.6. The maximum Gasteiger partial charge on any atom is 0.337 e. The van der Waals surface area contributed by atoms with Gasteiger partial charge in [0.05, 0.1) is 29.3 Å². The van der Waals surface area contributed by atoms with Gasteiger partial charge >= 0.3 is 11.9 Å². The molecule has 17 heteroatoms. The summed E-state index contributed by atoms with van der Waals surface area (Å²) in [6.07, 6.45) is 7.13. The number of aromatic carboxylic acids is 2. The first-order valence-electron chi connectivity index (χ1n) is 19.6. The van der Waals surface area contributed by atoms with Crippen LogP contribution >= 0.6 is 0 Å². The molecular formula is C41H50N6O11. The Labute approximate surface area is 334 Å². The minimum Gasteiger partial charge on any atom is -0.478 e. The van der Waals surface area contributed by atoms with Crippen LogP contribution in [0, 0.1) is 17.8 Å². The molecule has 0 spiro atoms. The van der Waals surface area contributed by atoms with Crippen molar-refractivity contribution in [3.63, 3.8) is 0 Å². The number of nitrogens with one attached hydrogen (secondary N) is 4. The van der Waals surface area contributed by atoms with Gasteiger partial charge in [0, 0.05) is 7.05 Å². The zero-order valence-electron chi connectivity index (χ0n) is 32.2. The number of carboxylic acids is 2. The van der Waals surface area contributed by atoms with E-state index in [2.05, 4.69) is 21.3 Å². The molecule has 4 atom stereocenters. The zero-order chi connectivity index (χ0) is 42.1. The summed E-state index contributed by atoms with van der Waals surface area (Å²) in [4.78, 5) is 119. The maximum atomic E-state index is 14.4. The van der Waals surface area contributed by atoms with Gasteiger partial charge in [0.2, 0.25) is 29.4 Å². The Kier molecular flexibility index (Phi) is 14.3. The highest BCUT2D eigenvalue weighted by Crippen LogP contribution is 2.36. The van der Waals surface area contributed by atoms with Crippen molar-refractivity contribution in [2.45, 2.75) is 94.8 Å². The van der Waals surface area contributed by atoms with Crippen LogP contribution in [-0.4, -0.2) is 100.0 Å². The number of hydrogen-bond acceptors (Lipinski definition) is 9. The number of nitrogens with two attached hydrogens (primary N) is 1. The lowest BCUT2D eigenvalue weighted by Gasteiger charge is -2.36. The van der Waals surface area contributed by atoms with Crippen molar-refractivity contribution in [2.75, 3.05) is 13.6 Å². The first-order chi connectivity index (χ1) is 27.7. The fraction of sp³-hybridized carbons (Fsp3) is 0.488. The standard InChI is InChI=1S/C41H50N6O11/c1-47(39(54)33(25-11-6-3-7-12-25)46-36(51)26-13-8-14-27(40(55)56)31(26)41(57)58)29(20-23-17-18-23)37(52)44-28(19-22-15-16-22)34(49)38(53)43-21-30(48)45-32(35(42)50)24-9-4-2-5-10-24/h2,4-5,8-10,13-14,22-23,25,28-29,32-33H,3,6-7,11-12,15-21H2,1H3,(H2,42,50)(H,43,53)(H,44,52)(H,45,48)(H,46,51)(H,55,56)(H,57,58)/t28?,29-,32-,33-/m0/s1. The molecule has 0 aromatic heterocycles. The van der Waals surface area contributed by atoms with Crippen LogP contribution in [-0.2, 0) is 28.8 Å². The summed E-state index contributed by atoms with van der Waals surface area (Å²) in [5, 5.41) is 29.5. The summed E-state index contributed by atoms with van der Waals surface area (Å²) in [6.45, 7) is -0.657. The van der Waals surface area contributed by atoms with Crippen molar-refractivity contribution in [1.82, 2.24) is 26.2 Å². The number of Topliss-reactive ketones (excluding diaryl/α,β-unsaturated/α-hetero) is 1. The number of amides is 6. The van der Waals surface area contributed by atoms with E-state index in [0.717, 1.165) is 51.0 Å². The van der Waals surface area contributed by atoms with Gasteiger partial charge in [0.15, 0.2) is 0 Å². The molecule has 2 aromatic carbocycles. The maximum absolute atomic E-state index is 14.4. The van der Waals surface area contributed by atoms with Crippen molar-refractivity contribution in [3.05, 3.63) is 70.8 Å². The number of carbonyl (C=O) groups excluding carboxylic acids is 7. The number of benzene rings is 2. The monoisotopic (exact) mass is 802 g/mol. The summed E-state index contributed by atoms with van der Waals surface area (Å²) in [5.41, 5.74) is 4.15. The Bertz CT molecular complexity index is 1920. The Hall–Kier alpha value is -6.13. The third-order valence-corrected chi connectivity index (χ3v) is 11.1. The summed E-state index contributed by atoms with van der Waals surface area (Å²) >= 11 is 0. The minimum absolute atomic E-state index is 0.0648. The molecule has 3 saturated carbocycles. The van der Waals surface area contributed by atoms with Crippen molar-refractivity contribution in [3.8, 4) is 0 Å². The molecule has 3 aliphatic carbocycles. The van der Waals surface area contributed by atoms with Crippen molar-refractivity contribution >= 4 is 53.2 Å². The molecular weight excluding hydrogens is 752 g/mol. The fourth-order valence-electron chi connectivity index (χ4n) is 7.47. The van der Waals surface area contributed by atoms with E-state index in [0.29, 0.717) is 18.4 Å². The molecule has 0 saturated heterocycles. The van der Waals surface area contributed by atoms with Crippen LogP contribution in [0.3, 0.4) is 0 Å². The molecule has 3 aliphatic rings. The van der Waals surface area contributed by atoms with E-state index in [1.165, 1.54) is 24.1 Å². The van der Waals surface area contributed by atoms with Crippen LogP contribution in [0.25, 0.3) is 0 Å². The van der Waals surface area contributed by atoms with E-state index in [-0.39, 0.29) is 30.6 Å². The van der Waals surface area contributed by atoms with Gasteiger partial charge in [0.1, 0.15) is 18.1 Å². The molecule has 5 rings (SSSR count). The predicted octanol–water partition coefficient (Wildman–Crippen LogP) is 1.70. The van der Waals surface area contributed by atoms with Gasteiger partial charge < -0.3 is 42.1 Å². The van der Waals surface area contributed by atoms with Gasteiger partial charge in [-0.05, 0) is 61.1 Å². The Balaban J connectivity index is 1.30. The van der Waals surface area contributed by atoms with Crippen LogP contribution in [0.5, 0.6) is 0 Å². The lowest BCUT2D eigenvalue weighted by Crippen LogP contribution is -2.59. The topological polar surface area (TPSA) is 271 Å². The second kappa shape index (κ2) is 19.3. The molecule has 1 unspecified atom stereocenters. The number of hydrogen-bond donors (Lipinski definition) is 7. The number of carboxylic acid groups (broad SMARTS) is 2. The first kappa shape index (κ1) is 43.0. The number of primary amides is 1. The molecule has 58 heavy (non-hydrogen) atoms. The van der Waals surface area contributed by atoms with Crippen LogP contribution < -0.4 is 27.0 Å². The third-order valence-electron chi connectivity index (χ3n) is 11.1. The summed E-state index contributed by atoms with van der Waals surface area (Å²) in [7, 11) is 1.42. The molecule has 0 heterocycles. The lowest BCUT2D eigenvalue weighted by atomic mass is 9.83. The second-order valence-electron chi connectivity index (χ2n) is 15.4. The molecule has 310 valence electrons. The average Bonchev–Trinajstić information content (AvgIpc) is 4.16. The van der Waals surface area contributed by atoms with E-state index < -0.39 is 101 Å². The summed E-state index contributed by atoms with van der Waals surface area (Å²) in [6, 6.07) is 6.94. The molecule has 0 radical (unpaired) electrons. The molecule has 3 fully saturated rings. The van der Waals surface area contributed by atoms with Crippen molar-refractivity contribution < 1.29 is 53.4 Å². The molecule has 17 nitrogen and oxygen atoms in total. The highest BCUT2D eigenvalue weighted by Gasteiger charge is 2.42. The lowest BCUT2D eigenvalue weighted by molar-refractivity contribution is -0.144. The van der Waals surface area contributed by atoms with Crippen LogP contribution in [0.2, 0.25) is 0 Å². The van der Waals surface area contributed by atoms with E-state index in [9.17, 15) is 53.4 Å². The number of carbonyl (C=O) groups is 9. The molecule has 0 bridgehead atoms. The molecule has 8 N–H and O–H groups in total. The molecule has 6 amide bonds. The zero-order valence-corrected chi connectivity index (χ0v) is 32.2. The van der Waals surface area contributed by atoms with Crippen LogP contribution in [0.4, 0.5) is 0 Å². The predicted molar refractivity (Wildman–Crippen MR) is 206 cm³/mol. The number of likely N-dealkylation sites (N-methyl/N-ethyl adjacent to an activating group) is 1. The van der Waals surface area contributed by atoms with E-state index in [1.54, 1.807) is 30.3 Å². The highest BCUT2D eigenvalue weighted by atomic mass is 16.4. The minimum atomic E-state index is -1.63. The average molecular weight is 803 g/mol. The normalized spacial score (nSPS) is 17.3. The smallest absolute Gasteiger partial charge is 0.337 e. The van der Waals surface area contributed by atoms with E-state index in [4.69, 9.17) is 5.73 Å². The SMILES string of the molecule is CN(C(=O)[C@@H](NC(=O)c1cccc(C(=O)O)c1C(=O)O)C1CCCCC1)[C@@H](CC1CC1)C(=O)NC(CC1CC1)C(=O)C(=O)NCC(=O)N[C@H](C(N)=O)c1ccccc1. The largest absolute Gasteiger partial charge is 0.478 e.